The molecule has 1 aromatic rings. The number of fused-ring (bicyclic) bond motifs is 5. The zero-order valence-corrected chi connectivity index (χ0v) is 18.8. The molecule has 4 rings (SSSR count). The van der Waals surface area contributed by atoms with Gasteiger partial charge >= 0.3 is 0 Å². The maximum absolute atomic E-state index is 12.3. The fourth-order valence-electron chi connectivity index (χ4n) is 6.62. The molecule has 4 nitrogen and oxygen atoms in total. The van der Waals surface area contributed by atoms with Gasteiger partial charge in [0.25, 0.3) is 0 Å². The van der Waals surface area contributed by atoms with E-state index in [2.05, 4.69) is 30.4 Å². The minimum atomic E-state index is 0.0751. The van der Waals surface area contributed by atoms with E-state index in [1.807, 2.05) is 12.1 Å². The van der Waals surface area contributed by atoms with E-state index in [9.17, 15) is 9.90 Å². The molecule has 0 unspecified atom stereocenters. The molecule has 0 spiro atoms. The van der Waals surface area contributed by atoms with Crippen molar-refractivity contribution in [3.63, 3.8) is 0 Å². The number of nitrogens with one attached hydrogen (secondary N) is 1. The number of amides is 1. The van der Waals surface area contributed by atoms with Crippen LogP contribution in [0.4, 0.5) is 0 Å². The second-order valence-corrected chi connectivity index (χ2v) is 10.1. The monoisotopic (exact) mass is 410 g/mol. The first kappa shape index (κ1) is 21.4. The van der Waals surface area contributed by atoms with Crippen LogP contribution in [0.5, 0.6) is 5.75 Å². The van der Waals surface area contributed by atoms with Crippen LogP contribution >= 0.6 is 0 Å². The predicted octanol–water partition coefficient (Wildman–Crippen LogP) is 6.08. The summed E-state index contributed by atoms with van der Waals surface area (Å²) in [7, 11) is 0. The Hall–Kier alpha value is -1.84. The summed E-state index contributed by atoms with van der Waals surface area (Å²) in [4.78, 5) is 12.3. The molecule has 0 aliphatic heterocycles. The van der Waals surface area contributed by atoms with Crippen LogP contribution in [0.1, 0.15) is 102 Å². The van der Waals surface area contributed by atoms with Gasteiger partial charge in [-0.05, 0) is 86.0 Å². The Labute approximate surface area is 181 Å². The molecule has 4 atom stereocenters. The van der Waals surface area contributed by atoms with Gasteiger partial charge in [-0.3, -0.25) is 4.79 Å². The average Bonchev–Trinajstić information content (AvgIpc) is 3.08. The predicted molar refractivity (Wildman–Crippen MR) is 122 cm³/mol. The maximum Gasteiger partial charge on any atom is 0.240 e. The highest BCUT2D eigenvalue weighted by Gasteiger charge is 2.53. The first-order valence-electron chi connectivity index (χ1n) is 12.2. The summed E-state index contributed by atoms with van der Waals surface area (Å²) in [6.45, 7) is 4.60. The largest absolute Gasteiger partial charge is 0.508 e. The van der Waals surface area contributed by atoms with Crippen molar-refractivity contribution in [2.75, 3.05) is 0 Å². The molecule has 0 aromatic heterocycles. The highest BCUT2D eigenvalue weighted by molar-refractivity contribution is 5.93. The summed E-state index contributed by atoms with van der Waals surface area (Å²) < 4.78 is 0. The number of nitrogens with zero attached hydrogens (tertiary/aromatic N) is 1. The minimum Gasteiger partial charge on any atom is -0.508 e. The van der Waals surface area contributed by atoms with Crippen LogP contribution in [0.25, 0.3) is 0 Å². The highest BCUT2D eigenvalue weighted by Crippen LogP contribution is 2.59. The Morgan fingerprint density at radius 1 is 1.17 bits per heavy atom. The molecule has 0 bridgehead atoms. The van der Waals surface area contributed by atoms with Gasteiger partial charge in [0, 0.05) is 17.5 Å². The maximum atomic E-state index is 12.3. The molecule has 0 radical (unpaired) electrons. The van der Waals surface area contributed by atoms with E-state index in [4.69, 9.17) is 0 Å². The molecule has 3 aliphatic rings. The van der Waals surface area contributed by atoms with Gasteiger partial charge in [0.1, 0.15) is 5.75 Å². The zero-order valence-electron chi connectivity index (χ0n) is 18.8. The zero-order chi connectivity index (χ0) is 21.1. The van der Waals surface area contributed by atoms with Gasteiger partial charge in [0.15, 0.2) is 0 Å². The Morgan fingerprint density at radius 3 is 2.83 bits per heavy atom. The Kier molecular flexibility index (Phi) is 6.50. The van der Waals surface area contributed by atoms with Gasteiger partial charge in [-0.2, -0.15) is 5.10 Å². The first-order chi connectivity index (χ1) is 14.5. The number of hydrogen-bond donors (Lipinski definition) is 2. The lowest BCUT2D eigenvalue weighted by molar-refractivity contribution is -0.121. The van der Waals surface area contributed by atoms with Crippen molar-refractivity contribution in [3.05, 3.63) is 29.3 Å². The quantitative estimate of drug-likeness (QED) is 0.422. The van der Waals surface area contributed by atoms with Gasteiger partial charge in [0.05, 0.1) is 0 Å². The first-order valence-corrected chi connectivity index (χ1v) is 12.2. The number of unbranched alkanes of at least 4 members (excludes halogenated alkanes) is 4. The number of aryl methyl sites for hydroxylation is 1. The standard InChI is InChI=1S/C26H38N2O2/c1-3-4-5-6-7-8-25(30)28-27-24-14-13-23-22-11-9-18-17-19(29)10-12-20(18)21(22)15-16-26(23,24)2/h10,12,17,21-23,29H,3-9,11,13-16H2,1-2H3,(H,28,30)/b27-24-/t21-,22+,23+,26-/m0/s1. The van der Waals surface area contributed by atoms with Crippen molar-refractivity contribution in [3.8, 4) is 5.75 Å². The van der Waals surface area contributed by atoms with Gasteiger partial charge in [-0.25, -0.2) is 5.43 Å². The smallest absolute Gasteiger partial charge is 0.240 e. The van der Waals surface area contributed by atoms with Crippen molar-refractivity contribution >= 4 is 11.6 Å². The van der Waals surface area contributed by atoms with E-state index in [0.29, 0.717) is 29.9 Å². The Balaban J connectivity index is 1.38. The minimum absolute atomic E-state index is 0.0751. The number of carbonyl (C=O) groups excluding carboxylic acids is 1. The normalized spacial score (nSPS) is 31.1. The summed E-state index contributed by atoms with van der Waals surface area (Å²) in [5, 5.41) is 14.5. The topological polar surface area (TPSA) is 61.7 Å². The van der Waals surface area contributed by atoms with Crippen LogP contribution in [-0.2, 0) is 11.2 Å². The summed E-state index contributed by atoms with van der Waals surface area (Å²) in [6.07, 6.45) is 13.2. The van der Waals surface area contributed by atoms with Crippen LogP contribution in [0.3, 0.4) is 0 Å². The third kappa shape index (κ3) is 4.15. The van der Waals surface area contributed by atoms with Gasteiger partial charge in [0.2, 0.25) is 5.91 Å². The van der Waals surface area contributed by atoms with Crippen LogP contribution < -0.4 is 5.43 Å². The van der Waals surface area contributed by atoms with E-state index in [-0.39, 0.29) is 11.3 Å². The summed E-state index contributed by atoms with van der Waals surface area (Å²) in [5.74, 6) is 2.44. The third-order valence-corrected chi connectivity index (χ3v) is 8.27. The van der Waals surface area contributed by atoms with Gasteiger partial charge in [-0.1, -0.05) is 45.6 Å². The molecule has 0 saturated heterocycles. The van der Waals surface area contributed by atoms with Crippen molar-refractivity contribution in [1.82, 2.24) is 5.43 Å². The SMILES string of the molecule is CCCCCCCC(=O)N/N=C1/CC[C@@H]2[C@@H]3CCc4cc(O)ccc4[C@@H]3CC[C@]12C. The van der Waals surface area contributed by atoms with Crippen LogP contribution in [-0.4, -0.2) is 16.7 Å². The van der Waals surface area contributed by atoms with Gasteiger partial charge < -0.3 is 5.11 Å². The second kappa shape index (κ2) is 9.11. The van der Waals surface area contributed by atoms with Crippen molar-refractivity contribution in [1.29, 1.82) is 0 Å². The van der Waals surface area contributed by atoms with Crippen LogP contribution in [0.15, 0.2) is 23.3 Å². The Bertz CT molecular complexity index is 802. The summed E-state index contributed by atoms with van der Waals surface area (Å²) in [6, 6.07) is 5.99. The van der Waals surface area contributed by atoms with Crippen molar-refractivity contribution in [2.45, 2.75) is 96.8 Å². The molecule has 3 aliphatic carbocycles. The van der Waals surface area contributed by atoms with E-state index in [0.717, 1.165) is 32.1 Å². The van der Waals surface area contributed by atoms with E-state index in [1.165, 1.54) is 55.4 Å². The molecule has 2 fully saturated rings. The number of hydrazone groups is 1. The summed E-state index contributed by atoms with van der Waals surface area (Å²) >= 11 is 0. The average molecular weight is 411 g/mol. The number of rotatable bonds is 7. The lowest BCUT2D eigenvalue weighted by Gasteiger charge is -2.49. The lowest BCUT2D eigenvalue weighted by atomic mass is 9.55. The Morgan fingerprint density at radius 2 is 2.00 bits per heavy atom. The molecule has 30 heavy (non-hydrogen) atoms. The number of carbonyl (C=O) groups is 1. The highest BCUT2D eigenvalue weighted by atomic mass is 16.3. The molecule has 2 N–H and O–H groups in total. The van der Waals surface area contributed by atoms with Crippen molar-refractivity contribution in [2.24, 2.45) is 22.4 Å². The molecule has 1 amide bonds. The number of phenols is 1. The fourth-order valence-corrected chi connectivity index (χ4v) is 6.62. The van der Waals surface area contributed by atoms with E-state index < -0.39 is 0 Å². The second-order valence-electron chi connectivity index (χ2n) is 10.1. The van der Waals surface area contributed by atoms with Crippen LogP contribution in [0, 0.1) is 17.3 Å². The lowest BCUT2D eigenvalue weighted by Crippen LogP contribution is -2.43. The molecule has 164 valence electrons. The molecular weight excluding hydrogens is 372 g/mol. The third-order valence-electron chi connectivity index (χ3n) is 8.27. The number of aromatic hydroxyl groups is 1. The van der Waals surface area contributed by atoms with Gasteiger partial charge in [-0.15, -0.1) is 0 Å². The molecule has 0 heterocycles. The number of phenolic OH excluding ortho intramolecular Hbond substituents is 1. The van der Waals surface area contributed by atoms with Crippen LogP contribution in [0.2, 0.25) is 0 Å². The van der Waals surface area contributed by atoms with Crippen molar-refractivity contribution < 1.29 is 9.90 Å². The number of hydrogen-bond acceptors (Lipinski definition) is 3. The summed E-state index contributed by atoms with van der Waals surface area (Å²) in [5.41, 5.74) is 7.05. The molecule has 2 saturated carbocycles. The molecular formula is C26H38N2O2. The fraction of sp³-hybridized carbons (Fsp3) is 0.692. The van der Waals surface area contributed by atoms with E-state index >= 15 is 0 Å². The molecule has 1 aromatic carbocycles. The van der Waals surface area contributed by atoms with E-state index in [1.54, 1.807) is 0 Å². The number of benzene rings is 1. The molecule has 4 heteroatoms.